The third kappa shape index (κ3) is 4.77. The van der Waals surface area contributed by atoms with Gasteiger partial charge in [0.15, 0.2) is 0 Å². The fourth-order valence-corrected chi connectivity index (χ4v) is 8.88. The number of thioether (sulfide) groups is 1. The lowest BCUT2D eigenvalue weighted by Crippen LogP contribution is -2.58. The van der Waals surface area contributed by atoms with Gasteiger partial charge in [-0.1, -0.05) is 32.0 Å². The Morgan fingerprint density at radius 3 is 2.59 bits per heavy atom. The van der Waals surface area contributed by atoms with Gasteiger partial charge in [-0.05, 0) is 30.9 Å². The van der Waals surface area contributed by atoms with E-state index < -0.39 is 28.7 Å². The zero-order valence-electron chi connectivity index (χ0n) is 21.6. The van der Waals surface area contributed by atoms with Crippen LogP contribution in [0.3, 0.4) is 0 Å². The predicted molar refractivity (Wildman–Crippen MR) is 142 cm³/mol. The van der Waals surface area contributed by atoms with Gasteiger partial charge >= 0.3 is 0 Å². The van der Waals surface area contributed by atoms with E-state index in [1.54, 1.807) is 16.7 Å². The summed E-state index contributed by atoms with van der Waals surface area (Å²) in [6, 6.07) is 8.09. The van der Waals surface area contributed by atoms with Gasteiger partial charge in [-0.25, -0.2) is 0 Å². The number of morpholine rings is 1. The van der Waals surface area contributed by atoms with Crippen LogP contribution >= 0.6 is 11.8 Å². The molecule has 2 unspecified atom stereocenters. The van der Waals surface area contributed by atoms with Crippen molar-refractivity contribution >= 4 is 35.2 Å². The first-order valence-corrected chi connectivity index (χ1v) is 14.3. The Balaban J connectivity index is 1.40. The van der Waals surface area contributed by atoms with Crippen LogP contribution in [0.25, 0.3) is 0 Å². The molecule has 4 aliphatic rings. The monoisotopic (exact) mass is 530 g/mol. The third-order valence-electron chi connectivity index (χ3n) is 8.48. The smallest absolute Gasteiger partial charge is 0.244 e. The van der Waals surface area contributed by atoms with Gasteiger partial charge in [-0.15, -0.1) is 11.8 Å². The van der Waals surface area contributed by atoms with E-state index >= 15 is 0 Å². The first-order chi connectivity index (χ1) is 17.9. The number of nitrogens with zero attached hydrogens (tertiary/aromatic N) is 2. The number of nitrogens with one attached hydrogen (secondary N) is 2. The Kier molecular flexibility index (Phi) is 7.81. The van der Waals surface area contributed by atoms with Crippen molar-refractivity contribution in [1.82, 2.24) is 15.1 Å². The number of ether oxygens (including phenoxy) is 1. The number of amides is 3. The molecule has 4 fully saturated rings. The number of hydrogen-bond acceptors (Lipinski definition) is 7. The maximum absolute atomic E-state index is 14.1. The summed E-state index contributed by atoms with van der Waals surface area (Å²) in [5.41, 5.74) is 0.699. The van der Waals surface area contributed by atoms with Crippen LogP contribution in [0.15, 0.2) is 30.3 Å². The predicted octanol–water partition coefficient (Wildman–Crippen LogP) is 1.18. The number of aliphatic hydroxyl groups is 1. The van der Waals surface area contributed by atoms with E-state index in [4.69, 9.17) is 4.74 Å². The number of likely N-dealkylation sites (tertiary alicyclic amines) is 1. The van der Waals surface area contributed by atoms with Crippen LogP contribution < -0.4 is 10.6 Å². The van der Waals surface area contributed by atoms with Gasteiger partial charge in [0.05, 0.1) is 42.4 Å². The topological polar surface area (TPSA) is 111 Å². The number of fused-ring (bicyclic) bond motifs is 1. The fraction of sp³-hybridized carbons (Fsp3) is 0.667. The van der Waals surface area contributed by atoms with E-state index in [-0.39, 0.29) is 35.5 Å². The van der Waals surface area contributed by atoms with Gasteiger partial charge in [0.25, 0.3) is 0 Å². The van der Waals surface area contributed by atoms with Crippen molar-refractivity contribution in [3.05, 3.63) is 30.3 Å². The first-order valence-electron chi connectivity index (χ1n) is 13.4. The number of benzene rings is 1. The molecule has 5 rings (SSSR count). The molecule has 1 spiro atoms. The zero-order valence-corrected chi connectivity index (χ0v) is 22.4. The maximum Gasteiger partial charge on any atom is 0.244 e. The highest BCUT2D eigenvalue weighted by molar-refractivity contribution is 8.02. The van der Waals surface area contributed by atoms with Gasteiger partial charge < -0.3 is 25.4 Å². The fourth-order valence-electron chi connectivity index (χ4n) is 6.67. The summed E-state index contributed by atoms with van der Waals surface area (Å²) in [4.78, 5) is 45.4. The van der Waals surface area contributed by atoms with E-state index in [1.807, 2.05) is 44.2 Å². The molecule has 0 aliphatic carbocycles. The number of aliphatic hydroxyl groups excluding tert-OH is 1. The highest BCUT2D eigenvalue weighted by Gasteiger charge is 2.74. The summed E-state index contributed by atoms with van der Waals surface area (Å²) in [6.45, 7) is 7.96. The quantitative estimate of drug-likeness (QED) is 0.440. The molecule has 3 amide bonds. The van der Waals surface area contributed by atoms with Crippen LogP contribution in [0.2, 0.25) is 0 Å². The minimum absolute atomic E-state index is 0.00455. The molecule has 0 saturated carbocycles. The molecule has 0 radical (unpaired) electrons. The highest BCUT2D eigenvalue weighted by atomic mass is 32.2. The molecule has 1 aromatic carbocycles. The molecule has 4 saturated heterocycles. The second-order valence-corrected chi connectivity index (χ2v) is 12.5. The van der Waals surface area contributed by atoms with E-state index in [0.717, 1.165) is 26.1 Å². The van der Waals surface area contributed by atoms with Crippen molar-refractivity contribution in [3.63, 3.8) is 0 Å². The van der Waals surface area contributed by atoms with Crippen LogP contribution in [0, 0.1) is 17.8 Å². The lowest BCUT2D eigenvalue weighted by atomic mass is 9.70. The van der Waals surface area contributed by atoms with Gasteiger partial charge in [0.2, 0.25) is 17.7 Å². The highest BCUT2D eigenvalue weighted by Crippen LogP contribution is 2.66. The Hall–Kier alpha value is -2.14. The Morgan fingerprint density at radius 1 is 1.19 bits per heavy atom. The van der Waals surface area contributed by atoms with Crippen molar-refractivity contribution < 1.29 is 24.2 Å². The van der Waals surface area contributed by atoms with Crippen LogP contribution in [0.4, 0.5) is 5.69 Å². The second kappa shape index (κ2) is 10.9. The average molecular weight is 531 g/mol. The van der Waals surface area contributed by atoms with Crippen molar-refractivity contribution in [2.75, 3.05) is 51.3 Å². The summed E-state index contributed by atoms with van der Waals surface area (Å²) in [6.07, 6.45) is 1.50. The SMILES string of the molecule is CC(C)[C@H](CO)N1C(=O)[C@@H]2[C@H](C(=O)Nc3ccccc3)[C@@H]3CCC2(S3)C1C(=O)NCCN1CCOCC1. The van der Waals surface area contributed by atoms with E-state index in [2.05, 4.69) is 15.5 Å². The first kappa shape index (κ1) is 26.5. The Morgan fingerprint density at radius 2 is 1.92 bits per heavy atom. The van der Waals surface area contributed by atoms with Crippen molar-refractivity contribution in [2.24, 2.45) is 17.8 Å². The average Bonchev–Trinajstić information content (AvgIpc) is 3.53. The van der Waals surface area contributed by atoms with E-state index in [0.29, 0.717) is 31.9 Å². The summed E-state index contributed by atoms with van der Waals surface area (Å²) < 4.78 is 4.75. The van der Waals surface area contributed by atoms with E-state index in [1.165, 1.54) is 0 Å². The van der Waals surface area contributed by atoms with Gasteiger partial charge in [-0.2, -0.15) is 0 Å². The van der Waals surface area contributed by atoms with Crippen LogP contribution in [-0.4, -0.2) is 101 Å². The Labute approximate surface area is 222 Å². The molecule has 1 aromatic rings. The molecular weight excluding hydrogens is 492 g/mol. The molecule has 2 bridgehead atoms. The number of carbonyl (C=O) groups excluding carboxylic acids is 3. The molecule has 4 heterocycles. The van der Waals surface area contributed by atoms with Gasteiger partial charge in [0.1, 0.15) is 6.04 Å². The molecule has 202 valence electrons. The van der Waals surface area contributed by atoms with Crippen molar-refractivity contribution in [1.29, 1.82) is 0 Å². The van der Waals surface area contributed by atoms with Gasteiger partial charge in [-0.3, -0.25) is 19.3 Å². The largest absolute Gasteiger partial charge is 0.394 e. The van der Waals surface area contributed by atoms with Crippen LogP contribution in [0.1, 0.15) is 26.7 Å². The molecule has 9 nitrogen and oxygen atoms in total. The minimum Gasteiger partial charge on any atom is -0.394 e. The second-order valence-electron chi connectivity index (χ2n) is 10.9. The van der Waals surface area contributed by atoms with Crippen molar-refractivity contribution in [2.45, 2.75) is 48.8 Å². The standard InChI is InChI=1S/C27H38N4O5S/c1-17(2)19(16-32)31-23(25(34)28-10-11-30-12-14-36-15-13-30)27-9-8-20(37-27)21(22(27)26(31)35)24(33)29-18-6-4-3-5-7-18/h3-7,17,19-23,32H,8-16H2,1-2H3,(H,28,34)(H,29,33)/t19-,20-,21+,22-,23?,27?/m0/s1. The third-order valence-corrected chi connectivity index (χ3v) is 10.4. The maximum atomic E-state index is 14.1. The molecule has 37 heavy (non-hydrogen) atoms. The summed E-state index contributed by atoms with van der Waals surface area (Å²) in [5.74, 6) is -1.65. The summed E-state index contributed by atoms with van der Waals surface area (Å²) in [7, 11) is 0. The molecule has 10 heteroatoms. The zero-order chi connectivity index (χ0) is 26.2. The number of carbonyl (C=O) groups is 3. The van der Waals surface area contributed by atoms with Crippen LogP contribution in [0.5, 0.6) is 0 Å². The molecule has 4 aliphatic heterocycles. The normalized spacial score (nSPS) is 32.0. The lowest BCUT2D eigenvalue weighted by Gasteiger charge is -2.38. The summed E-state index contributed by atoms with van der Waals surface area (Å²) in [5, 5.41) is 16.4. The molecule has 0 aromatic heterocycles. The van der Waals surface area contributed by atoms with Gasteiger partial charge in [0, 0.05) is 37.1 Å². The lowest BCUT2D eigenvalue weighted by molar-refractivity contribution is -0.143. The minimum atomic E-state index is -0.709. The van der Waals surface area contributed by atoms with Crippen LogP contribution in [-0.2, 0) is 19.1 Å². The Bertz CT molecular complexity index is 1000. The number of rotatable bonds is 9. The molecule has 6 atom stereocenters. The summed E-state index contributed by atoms with van der Waals surface area (Å²) >= 11 is 1.65. The van der Waals surface area contributed by atoms with E-state index in [9.17, 15) is 19.5 Å². The number of anilines is 1. The van der Waals surface area contributed by atoms with Crippen molar-refractivity contribution in [3.8, 4) is 0 Å². The molecular formula is C27H38N4O5S. The number of hydrogen-bond donors (Lipinski definition) is 3. The number of para-hydroxylation sites is 1. The molecule has 3 N–H and O–H groups in total.